The van der Waals surface area contributed by atoms with E-state index < -0.39 is 10.0 Å². The highest BCUT2D eigenvalue weighted by Crippen LogP contribution is 2.35. The van der Waals surface area contributed by atoms with Crippen LogP contribution in [0.2, 0.25) is 10.0 Å². The minimum atomic E-state index is -3.84. The van der Waals surface area contributed by atoms with Gasteiger partial charge in [-0.2, -0.15) is 4.31 Å². The Morgan fingerprint density at radius 3 is 2.24 bits per heavy atom. The summed E-state index contributed by atoms with van der Waals surface area (Å²) in [6.07, 6.45) is 0.290. The van der Waals surface area contributed by atoms with Gasteiger partial charge in [0, 0.05) is 23.5 Å². The van der Waals surface area contributed by atoms with Crippen LogP contribution in [0, 0.1) is 0 Å². The van der Waals surface area contributed by atoms with Crippen molar-refractivity contribution in [3.05, 3.63) is 26.7 Å². The minimum Gasteiger partial charge on any atom is -0.393 e. The first-order valence-corrected chi connectivity index (χ1v) is 9.41. The summed E-state index contributed by atoms with van der Waals surface area (Å²) in [4.78, 5) is 0.148. The summed E-state index contributed by atoms with van der Waals surface area (Å²) in [5.74, 6) is 0. The van der Waals surface area contributed by atoms with E-state index >= 15 is 0 Å². The Morgan fingerprint density at radius 2 is 1.86 bits per heavy atom. The van der Waals surface area contributed by atoms with Crippen molar-refractivity contribution in [1.82, 2.24) is 4.31 Å². The number of rotatable bonds is 6. The van der Waals surface area contributed by atoms with Gasteiger partial charge >= 0.3 is 0 Å². The van der Waals surface area contributed by atoms with Crippen LogP contribution in [-0.4, -0.2) is 30.3 Å². The summed E-state index contributed by atoms with van der Waals surface area (Å²) in [7, 11) is -3.84. The first kappa shape index (κ1) is 19.1. The quantitative estimate of drug-likeness (QED) is 0.692. The van der Waals surface area contributed by atoms with Crippen molar-refractivity contribution in [3.8, 4) is 0 Å². The standard InChI is InChI=1S/C12H15BrCl2N2O2S2/c1-7(2)17(4-3-11(16)20)21(18,19)12-9(14)5-8(13)6-10(12)15/h5-7H,3-4H2,1-2H3,(H2,16,20). The molecule has 21 heavy (non-hydrogen) atoms. The average Bonchev–Trinajstić information content (AvgIpc) is 2.25. The van der Waals surface area contributed by atoms with Crippen LogP contribution in [0.15, 0.2) is 21.5 Å². The molecule has 0 atom stereocenters. The van der Waals surface area contributed by atoms with E-state index in [0.29, 0.717) is 10.9 Å². The van der Waals surface area contributed by atoms with Crippen LogP contribution >= 0.6 is 51.3 Å². The second kappa shape index (κ2) is 7.57. The number of halogens is 3. The summed E-state index contributed by atoms with van der Waals surface area (Å²) in [5.41, 5.74) is 5.45. The van der Waals surface area contributed by atoms with Crippen molar-refractivity contribution in [3.63, 3.8) is 0 Å². The lowest BCUT2D eigenvalue weighted by molar-refractivity contribution is 0.362. The Bertz CT molecular complexity index is 628. The fourth-order valence-corrected chi connectivity index (χ4v) is 5.39. The fourth-order valence-electron chi connectivity index (χ4n) is 1.77. The molecule has 0 amide bonds. The van der Waals surface area contributed by atoms with E-state index in [1.54, 1.807) is 13.8 Å². The number of hydrogen-bond donors (Lipinski definition) is 1. The Hall–Kier alpha value is 0.0800. The van der Waals surface area contributed by atoms with Crippen LogP contribution in [0.25, 0.3) is 0 Å². The number of nitrogens with two attached hydrogens (primary N) is 1. The highest BCUT2D eigenvalue weighted by atomic mass is 79.9. The van der Waals surface area contributed by atoms with Crippen molar-refractivity contribution in [2.24, 2.45) is 5.73 Å². The zero-order chi connectivity index (χ0) is 16.4. The maximum absolute atomic E-state index is 12.8. The number of thiocarbonyl (C=S) groups is 1. The largest absolute Gasteiger partial charge is 0.393 e. The normalized spacial score (nSPS) is 12.1. The van der Waals surface area contributed by atoms with Gasteiger partial charge in [0.05, 0.1) is 15.0 Å². The third kappa shape index (κ3) is 4.77. The van der Waals surface area contributed by atoms with Gasteiger partial charge in [0.25, 0.3) is 0 Å². The molecule has 0 unspecified atom stereocenters. The van der Waals surface area contributed by atoms with E-state index in [0.717, 1.165) is 0 Å². The highest BCUT2D eigenvalue weighted by molar-refractivity contribution is 9.10. The van der Waals surface area contributed by atoms with E-state index in [1.165, 1.54) is 16.4 Å². The van der Waals surface area contributed by atoms with Crippen molar-refractivity contribution < 1.29 is 8.42 Å². The van der Waals surface area contributed by atoms with Crippen molar-refractivity contribution in [2.75, 3.05) is 6.54 Å². The van der Waals surface area contributed by atoms with Gasteiger partial charge in [0.15, 0.2) is 0 Å². The first-order chi connectivity index (χ1) is 9.57. The maximum Gasteiger partial charge on any atom is 0.246 e. The summed E-state index contributed by atoms with van der Waals surface area (Å²) in [6.45, 7) is 3.70. The van der Waals surface area contributed by atoms with Gasteiger partial charge in [-0.05, 0) is 26.0 Å². The maximum atomic E-state index is 12.8. The monoisotopic (exact) mass is 432 g/mol. The van der Waals surface area contributed by atoms with E-state index in [9.17, 15) is 8.42 Å². The number of nitrogens with zero attached hydrogens (tertiary/aromatic N) is 1. The molecular weight excluding hydrogens is 419 g/mol. The summed E-state index contributed by atoms with van der Waals surface area (Å²) >= 11 is 20.1. The Morgan fingerprint density at radius 1 is 1.38 bits per heavy atom. The fraction of sp³-hybridized carbons (Fsp3) is 0.417. The summed E-state index contributed by atoms with van der Waals surface area (Å²) in [6, 6.07) is 2.71. The topological polar surface area (TPSA) is 63.4 Å². The van der Waals surface area contributed by atoms with Gasteiger partial charge in [-0.3, -0.25) is 0 Å². The lowest BCUT2D eigenvalue weighted by atomic mass is 10.3. The molecule has 0 saturated heterocycles. The van der Waals surface area contributed by atoms with Crippen molar-refractivity contribution in [1.29, 1.82) is 0 Å². The average molecular weight is 434 g/mol. The zero-order valence-electron chi connectivity index (χ0n) is 11.4. The molecule has 1 aromatic carbocycles. The van der Waals surface area contributed by atoms with Crippen LogP contribution < -0.4 is 5.73 Å². The van der Waals surface area contributed by atoms with Gasteiger partial charge in [-0.1, -0.05) is 51.3 Å². The molecule has 0 aromatic heterocycles. The number of sulfonamides is 1. The van der Waals surface area contributed by atoms with Crippen molar-refractivity contribution in [2.45, 2.75) is 31.2 Å². The predicted octanol–water partition coefficient (Wildman–Crippen LogP) is 3.83. The van der Waals surface area contributed by atoms with E-state index in [2.05, 4.69) is 15.9 Å². The molecule has 118 valence electrons. The lowest BCUT2D eigenvalue weighted by Crippen LogP contribution is -2.39. The van der Waals surface area contributed by atoms with Gasteiger partial charge in [-0.15, -0.1) is 0 Å². The molecule has 0 fully saturated rings. The highest BCUT2D eigenvalue weighted by Gasteiger charge is 2.31. The van der Waals surface area contributed by atoms with Crippen LogP contribution in [0.1, 0.15) is 20.3 Å². The van der Waals surface area contributed by atoms with E-state index in [-0.39, 0.29) is 32.5 Å². The third-order valence-electron chi connectivity index (χ3n) is 2.68. The molecule has 0 aliphatic heterocycles. The molecule has 1 aromatic rings. The lowest BCUT2D eigenvalue weighted by Gasteiger charge is -2.26. The number of benzene rings is 1. The molecule has 0 aliphatic carbocycles. The molecule has 9 heteroatoms. The molecule has 0 spiro atoms. The molecular formula is C12H15BrCl2N2O2S2. The van der Waals surface area contributed by atoms with Gasteiger partial charge in [-0.25, -0.2) is 8.42 Å². The van der Waals surface area contributed by atoms with Crippen LogP contribution in [-0.2, 0) is 10.0 Å². The van der Waals surface area contributed by atoms with E-state index in [4.69, 9.17) is 41.2 Å². The molecule has 0 radical (unpaired) electrons. The zero-order valence-corrected chi connectivity index (χ0v) is 16.2. The first-order valence-electron chi connectivity index (χ1n) is 6.02. The van der Waals surface area contributed by atoms with E-state index in [1.807, 2.05) is 0 Å². The Kier molecular flexibility index (Phi) is 6.89. The molecule has 0 heterocycles. The van der Waals surface area contributed by atoms with Crippen LogP contribution in [0.3, 0.4) is 0 Å². The van der Waals surface area contributed by atoms with Crippen LogP contribution in [0.4, 0.5) is 0 Å². The smallest absolute Gasteiger partial charge is 0.246 e. The predicted molar refractivity (Wildman–Crippen MR) is 94.6 cm³/mol. The summed E-state index contributed by atoms with van der Waals surface area (Å²) in [5, 5.41) is 0.130. The van der Waals surface area contributed by atoms with Crippen LogP contribution in [0.5, 0.6) is 0 Å². The summed E-state index contributed by atoms with van der Waals surface area (Å²) < 4.78 is 27.5. The molecule has 0 aliphatic rings. The van der Waals surface area contributed by atoms with Crippen molar-refractivity contribution >= 4 is 66.4 Å². The molecule has 0 saturated carbocycles. The molecule has 0 bridgehead atoms. The van der Waals surface area contributed by atoms with Gasteiger partial charge in [0.2, 0.25) is 10.0 Å². The molecule has 4 nitrogen and oxygen atoms in total. The Labute approximate surface area is 148 Å². The second-order valence-corrected chi connectivity index (χ2v) is 8.71. The SMILES string of the molecule is CC(C)N(CCC(N)=S)S(=O)(=O)c1c(Cl)cc(Br)cc1Cl. The molecule has 1 rings (SSSR count). The number of hydrogen-bond acceptors (Lipinski definition) is 3. The minimum absolute atomic E-state index is 0.0651. The third-order valence-corrected chi connectivity index (χ3v) is 6.34. The van der Waals surface area contributed by atoms with Gasteiger partial charge in [0.1, 0.15) is 4.90 Å². The Balaban J connectivity index is 3.33. The second-order valence-electron chi connectivity index (χ2n) is 4.62. The molecule has 2 N–H and O–H groups in total. The van der Waals surface area contributed by atoms with Gasteiger partial charge < -0.3 is 5.73 Å².